The van der Waals surface area contributed by atoms with E-state index in [-0.39, 0.29) is 21.3 Å². The Hall–Kier alpha value is -0.920. The van der Waals surface area contributed by atoms with Crippen LogP contribution in [0.2, 0.25) is 0 Å². The molecule has 0 bridgehead atoms. The number of primary sulfonamides is 1. The fourth-order valence-corrected chi connectivity index (χ4v) is 2.02. The lowest BCUT2D eigenvalue weighted by atomic mass is 10.3. The summed E-state index contributed by atoms with van der Waals surface area (Å²) in [5.74, 6) is -0.302. The van der Waals surface area contributed by atoms with Crippen molar-refractivity contribution < 1.29 is 13.2 Å². The average Bonchev–Trinajstić information content (AvgIpc) is 2.27. The zero-order valence-electron chi connectivity index (χ0n) is 9.18. The number of sulfonamides is 1. The first-order chi connectivity index (χ1) is 7.86. The Morgan fingerprint density at radius 3 is 2.59 bits per heavy atom. The number of amides is 1. The molecule has 1 atom stereocenters. The van der Waals surface area contributed by atoms with Crippen LogP contribution < -0.4 is 10.5 Å². The van der Waals surface area contributed by atoms with Gasteiger partial charge in [-0.15, -0.1) is 0 Å². The summed E-state index contributed by atoms with van der Waals surface area (Å²) in [6, 6.07) is 6.01. The number of para-hydroxylation sites is 1. The molecule has 0 saturated heterocycles. The van der Waals surface area contributed by atoms with Gasteiger partial charge in [0.25, 0.3) is 0 Å². The van der Waals surface area contributed by atoms with Crippen LogP contribution in [-0.4, -0.2) is 19.2 Å². The predicted molar refractivity (Wildman–Crippen MR) is 69.5 cm³/mol. The van der Waals surface area contributed by atoms with Gasteiger partial charge in [-0.2, -0.15) is 0 Å². The normalized spacial score (nSPS) is 13.1. The molecule has 1 aromatic rings. The molecule has 17 heavy (non-hydrogen) atoms. The Kier molecular flexibility index (Phi) is 4.67. The summed E-state index contributed by atoms with van der Waals surface area (Å²) in [6.07, 6.45) is 0.601. The molecule has 0 spiro atoms. The summed E-state index contributed by atoms with van der Waals surface area (Å²) < 4.78 is 22.6. The van der Waals surface area contributed by atoms with Crippen molar-refractivity contribution in [3.05, 3.63) is 24.3 Å². The number of nitrogens with one attached hydrogen (secondary N) is 1. The molecular weight excluding hydrogens is 308 g/mol. The number of hydrogen-bond donors (Lipinski definition) is 2. The van der Waals surface area contributed by atoms with Crippen molar-refractivity contribution in [1.29, 1.82) is 0 Å². The summed E-state index contributed by atoms with van der Waals surface area (Å²) in [6.45, 7) is 1.84. The topological polar surface area (TPSA) is 89.3 Å². The molecule has 1 aromatic carbocycles. The summed E-state index contributed by atoms with van der Waals surface area (Å²) in [5.41, 5.74) is 0.193. The van der Waals surface area contributed by atoms with Crippen molar-refractivity contribution in [3.63, 3.8) is 0 Å². The number of hydrogen-bond acceptors (Lipinski definition) is 3. The monoisotopic (exact) mass is 320 g/mol. The Balaban J connectivity index is 3.04. The van der Waals surface area contributed by atoms with E-state index in [1.54, 1.807) is 12.1 Å². The van der Waals surface area contributed by atoms with Crippen LogP contribution in [0.1, 0.15) is 13.3 Å². The molecule has 0 aromatic heterocycles. The number of carbonyl (C=O) groups is 1. The molecule has 0 radical (unpaired) electrons. The van der Waals surface area contributed by atoms with Crippen LogP contribution in [0, 0.1) is 0 Å². The maximum Gasteiger partial charge on any atom is 0.240 e. The molecule has 3 N–H and O–H groups in total. The van der Waals surface area contributed by atoms with E-state index in [0.717, 1.165) is 0 Å². The Morgan fingerprint density at radius 1 is 1.47 bits per heavy atom. The smallest absolute Gasteiger partial charge is 0.240 e. The van der Waals surface area contributed by atoms with Crippen molar-refractivity contribution >= 4 is 37.5 Å². The molecule has 7 heteroatoms. The van der Waals surface area contributed by atoms with E-state index in [1.807, 2.05) is 6.92 Å². The third kappa shape index (κ3) is 3.79. The van der Waals surface area contributed by atoms with Crippen molar-refractivity contribution in [2.24, 2.45) is 5.14 Å². The third-order valence-electron chi connectivity index (χ3n) is 2.09. The van der Waals surface area contributed by atoms with Crippen LogP contribution in [0.5, 0.6) is 0 Å². The first-order valence-electron chi connectivity index (χ1n) is 4.93. The van der Waals surface area contributed by atoms with Gasteiger partial charge in [0.2, 0.25) is 15.9 Å². The fraction of sp³-hybridized carbons (Fsp3) is 0.300. The summed E-state index contributed by atoms with van der Waals surface area (Å²) in [4.78, 5) is 11.2. The number of carbonyl (C=O) groups excluding carboxylic acids is 1. The SMILES string of the molecule is CCC(Br)C(=O)Nc1ccccc1S(N)(=O)=O. The fourth-order valence-electron chi connectivity index (χ4n) is 1.21. The van der Waals surface area contributed by atoms with Gasteiger partial charge in [-0.3, -0.25) is 4.79 Å². The van der Waals surface area contributed by atoms with E-state index in [9.17, 15) is 13.2 Å². The molecule has 0 heterocycles. The van der Waals surface area contributed by atoms with E-state index >= 15 is 0 Å². The molecule has 0 aliphatic carbocycles. The van der Waals surface area contributed by atoms with Crippen LogP contribution in [0.3, 0.4) is 0 Å². The average molecular weight is 321 g/mol. The van der Waals surface area contributed by atoms with Gasteiger partial charge in [-0.05, 0) is 18.6 Å². The maximum atomic E-state index is 11.6. The van der Waals surface area contributed by atoms with Crippen LogP contribution in [0.4, 0.5) is 5.69 Å². The van der Waals surface area contributed by atoms with Crippen molar-refractivity contribution in [2.75, 3.05) is 5.32 Å². The van der Waals surface area contributed by atoms with Gasteiger partial charge in [0.15, 0.2) is 0 Å². The highest BCUT2D eigenvalue weighted by Gasteiger charge is 2.18. The summed E-state index contributed by atoms with van der Waals surface area (Å²) in [7, 11) is -3.84. The van der Waals surface area contributed by atoms with Crippen LogP contribution >= 0.6 is 15.9 Å². The largest absolute Gasteiger partial charge is 0.324 e. The third-order valence-corrected chi connectivity index (χ3v) is 4.13. The van der Waals surface area contributed by atoms with Gasteiger partial charge >= 0.3 is 0 Å². The number of rotatable bonds is 4. The number of nitrogens with two attached hydrogens (primary N) is 1. The second kappa shape index (κ2) is 5.61. The molecule has 0 fully saturated rings. The predicted octanol–water partition coefficient (Wildman–Crippen LogP) is 1.45. The standard InChI is InChI=1S/C10H13BrN2O3S/c1-2-7(11)10(14)13-8-5-3-4-6-9(8)17(12,15)16/h3-7H,2H2,1H3,(H,13,14)(H2,12,15,16). The molecule has 94 valence electrons. The van der Waals surface area contributed by atoms with Crippen molar-refractivity contribution in [1.82, 2.24) is 0 Å². The molecular formula is C10H13BrN2O3S. The van der Waals surface area contributed by atoms with Gasteiger partial charge in [0.05, 0.1) is 10.5 Å². The zero-order chi connectivity index (χ0) is 13.1. The quantitative estimate of drug-likeness (QED) is 0.823. The summed E-state index contributed by atoms with van der Waals surface area (Å²) in [5, 5.41) is 7.57. The van der Waals surface area contributed by atoms with E-state index < -0.39 is 10.0 Å². The number of benzene rings is 1. The lowest BCUT2D eigenvalue weighted by Gasteiger charge is -2.11. The molecule has 1 amide bonds. The highest BCUT2D eigenvalue weighted by atomic mass is 79.9. The lowest BCUT2D eigenvalue weighted by Crippen LogP contribution is -2.24. The van der Waals surface area contributed by atoms with E-state index in [0.29, 0.717) is 6.42 Å². The minimum Gasteiger partial charge on any atom is -0.324 e. The molecule has 0 aliphatic rings. The Labute approximate surface area is 109 Å². The van der Waals surface area contributed by atoms with Gasteiger partial charge in [-0.1, -0.05) is 35.0 Å². The Bertz CT molecular complexity index is 516. The van der Waals surface area contributed by atoms with Gasteiger partial charge in [-0.25, -0.2) is 13.6 Å². The highest BCUT2D eigenvalue weighted by Crippen LogP contribution is 2.20. The summed E-state index contributed by atoms with van der Waals surface area (Å²) >= 11 is 3.18. The zero-order valence-corrected chi connectivity index (χ0v) is 11.6. The number of anilines is 1. The number of halogens is 1. The van der Waals surface area contributed by atoms with Gasteiger partial charge < -0.3 is 5.32 Å². The molecule has 0 saturated carbocycles. The minimum atomic E-state index is -3.84. The van der Waals surface area contributed by atoms with Crippen molar-refractivity contribution in [2.45, 2.75) is 23.1 Å². The second-order valence-electron chi connectivity index (χ2n) is 3.41. The van der Waals surface area contributed by atoms with Gasteiger partial charge in [0, 0.05) is 0 Å². The molecule has 1 unspecified atom stereocenters. The van der Waals surface area contributed by atoms with E-state index in [2.05, 4.69) is 21.2 Å². The maximum absolute atomic E-state index is 11.6. The van der Waals surface area contributed by atoms with E-state index in [1.165, 1.54) is 12.1 Å². The molecule has 0 aliphatic heterocycles. The van der Waals surface area contributed by atoms with Crippen molar-refractivity contribution in [3.8, 4) is 0 Å². The second-order valence-corrected chi connectivity index (χ2v) is 6.04. The number of alkyl halides is 1. The first-order valence-corrected chi connectivity index (χ1v) is 7.39. The van der Waals surface area contributed by atoms with Crippen LogP contribution in [-0.2, 0) is 14.8 Å². The molecule has 5 nitrogen and oxygen atoms in total. The Morgan fingerprint density at radius 2 is 2.06 bits per heavy atom. The molecule has 1 rings (SSSR count). The lowest BCUT2D eigenvalue weighted by molar-refractivity contribution is -0.115. The minimum absolute atomic E-state index is 0.0934. The first kappa shape index (κ1) is 14.1. The van der Waals surface area contributed by atoms with Crippen LogP contribution in [0.25, 0.3) is 0 Å². The highest BCUT2D eigenvalue weighted by molar-refractivity contribution is 9.10. The van der Waals surface area contributed by atoms with E-state index in [4.69, 9.17) is 5.14 Å². The van der Waals surface area contributed by atoms with Gasteiger partial charge in [0.1, 0.15) is 4.90 Å². The van der Waals surface area contributed by atoms with Crippen LogP contribution in [0.15, 0.2) is 29.2 Å².